The predicted molar refractivity (Wildman–Crippen MR) is 164 cm³/mol. The van der Waals surface area contributed by atoms with Crippen LogP contribution in [0.15, 0.2) is 114 Å². The molecule has 4 heterocycles. The normalized spacial score (nSPS) is 18.2. The number of aromatic amines is 1. The second kappa shape index (κ2) is 10.6. The van der Waals surface area contributed by atoms with E-state index in [1.807, 2.05) is 16.8 Å². The van der Waals surface area contributed by atoms with Crippen molar-refractivity contribution in [2.24, 2.45) is 10.9 Å². The predicted octanol–water partition coefficient (Wildman–Crippen LogP) is 5.07. The number of anilines is 1. The van der Waals surface area contributed by atoms with Crippen molar-refractivity contribution in [2.45, 2.75) is 32.7 Å². The average Bonchev–Trinajstić information content (AvgIpc) is 3.74. The van der Waals surface area contributed by atoms with Gasteiger partial charge in [-0.2, -0.15) is 0 Å². The van der Waals surface area contributed by atoms with Gasteiger partial charge in [0.1, 0.15) is 12.0 Å². The molecule has 0 amide bonds. The van der Waals surface area contributed by atoms with Crippen molar-refractivity contribution in [1.82, 2.24) is 19.6 Å². The molecule has 7 rings (SSSR count). The van der Waals surface area contributed by atoms with Gasteiger partial charge in [-0.1, -0.05) is 60.7 Å². The Morgan fingerprint density at radius 2 is 1.95 bits per heavy atom. The molecule has 2 aromatic heterocycles. The van der Waals surface area contributed by atoms with Crippen LogP contribution in [0.4, 0.5) is 5.69 Å². The molecule has 2 aliphatic heterocycles. The topological polar surface area (TPSA) is 79.1 Å². The number of aryl methyl sites for hydroxylation is 2. The quantitative estimate of drug-likeness (QED) is 0.196. The molecule has 0 bridgehead atoms. The summed E-state index contributed by atoms with van der Waals surface area (Å²) in [5, 5.41) is 7.87. The van der Waals surface area contributed by atoms with E-state index in [0.717, 1.165) is 64.8 Å². The third-order valence-corrected chi connectivity index (χ3v) is 8.08. The van der Waals surface area contributed by atoms with Gasteiger partial charge in [-0.3, -0.25) is 9.47 Å². The van der Waals surface area contributed by atoms with Crippen LogP contribution in [-0.2, 0) is 13.0 Å². The number of nitrogen functional groups attached to an aromatic ring is 1. The van der Waals surface area contributed by atoms with Gasteiger partial charge in [-0.25, -0.2) is 0 Å². The molecule has 2 aromatic carbocycles. The molecule has 7 nitrogen and oxygen atoms in total. The zero-order valence-electron chi connectivity index (χ0n) is 23.1. The van der Waals surface area contributed by atoms with E-state index in [1.54, 1.807) is 0 Å². The Labute approximate surface area is 241 Å². The van der Waals surface area contributed by atoms with E-state index in [9.17, 15) is 0 Å². The van der Waals surface area contributed by atoms with Crippen LogP contribution < -0.4 is 10.4 Å². The summed E-state index contributed by atoms with van der Waals surface area (Å²) in [4.78, 5) is 7.21. The molecule has 1 atom stereocenters. The number of fused-ring (bicyclic) bond motifs is 2. The van der Waals surface area contributed by atoms with Crippen LogP contribution in [0.25, 0.3) is 11.4 Å². The lowest BCUT2D eigenvalue weighted by Crippen LogP contribution is -2.43. The van der Waals surface area contributed by atoms with Gasteiger partial charge in [0.15, 0.2) is 5.69 Å². The van der Waals surface area contributed by atoms with Crippen molar-refractivity contribution in [3.63, 3.8) is 0 Å². The highest BCUT2D eigenvalue weighted by atomic mass is 15.5. The minimum absolute atomic E-state index is 0.575. The van der Waals surface area contributed by atoms with Gasteiger partial charge in [0.2, 0.25) is 5.82 Å². The zero-order chi connectivity index (χ0) is 27.8. The summed E-state index contributed by atoms with van der Waals surface area (Å²) in [6, 6.07) is 20.8. The van der Waals surface area contributed by atoms with E-state index < -0.39 is 0 Å². The molecule has 3 aliphatic rings. The SMILES string of the molecule is Cc1ccccc1CN=C1C=CC2=C(c3ccc(N)cc3)c3ccc(-[n+]4cc(CCC5C=CC=CC5)n[nH]4)n3[B]N12. The zero-order valence-corrected chi connectivity index (χ0v) is 23.1. The van der Waals surface area contributed by atoms with Gasteiger partial charge >= 0.3 is 7.55 Å². The molecule has 1 unspecified atom stereocenters. The first-order valence-corrected chi connectivity index (χ1v) is 14.2. The number of rotatable bonds is 7. The summed E-state index contributed by atoms with van der Waals surface area (Å²) in [6.45, 7) is 2.76. The highest BCUT2D eigenvalue weighted by molar-refractivity contribution is 6.41. The minimum Gasteiger partial charge on any atom is -0.399 e. The number of amidine groups is 1. The summed E-state index contributed by atoms with van der Waals surface area (Å²) in [7, 11) is 2.13. The molecular formula is C33H32BN7+. The van der Waals surface area contributed by atoms with Crippen molar-refractivity contribution >= 4 is 24.6 Å². The maximum absolute atomic E-state index is 6.05. The van der Waals surface area contributed by atoms with E-state index in [4.69, 9.17) is 10.7 Å². The number of hydrogen-bond donors (Lipinski definition) is 2. The number of benzene rings is 2. The van der Waals surface area contributed by atoms with E-state index in [0.29, 0.717) is 12.5 Å². The molecule has 0 spiro atoms. The summed E-state index contributed by atoms with van der Waals surface area (Å²) < 4.78 is 4.22. The maximum atomic E-state index is 6.05. The largest absolute Gasteiger partial charge is 0.503 e. The van der Waals surface area contributed by atoms with Crippen molar-refractivity contribution in [3.8, 4) is 5.82 Å². The lowest BCUT2D eigenvalue weighted by Gasteiger charge is -2.28. The Bertz CT molecular complexity index is 1750. The monoisotopic (exact) mass is 537 g/mol. The molecule has 4 aromatic rings. The number of allylic oxidation sites excluding steroid dienone is 5. The van der Waals surface area contributed by atoms with Gasteiger partial charge in [0.05, 0.1) is 12.2 Å². The highest BCUT2D eigenvalue weighted by Gasteiger charge is 2.36. The summed E-state index contributed by atoms with van der Waals surface area (Å²) in [5.74, 6) is 2.47. The number of nitrogens with zero attached hydrogens (tertiary/aromatic N) is 5. The third-order valence-electron chi connectivity index (χ3n) is 8.08. The molecule has 1 aliphatic carbocycles. The fourth-order valence-electron chi connectivity index (χ4n) is 5.74. The molecule has 3 N–H and O–H groups in total. The van der Waals surface area contributed by atoms with E-state index >= 15 is 0 Å². The molecule has 0 fully saturated rings. The Hall–Kier alpha value is -4.85. The molecular weight excluding hydrogens is 505 g/mol. The van der Waals surface area contributed by atoms with Gasteiger partial charge in [-0.05, 0) is 77.8 Å². The van der Waals surface area contributed by atoms with Crippen LogP contribution >= 0.6 is 0 Å². The second-order valence-corrected chi connectivity index (χ2v) is 10.8. The molecule has 1 radical (unpaired) electrons. The number of aromatic nitrogens is 4. The Kier molecular flexibility index (Phi) is 6.51. The van der Waals surface area contributed by atoms with Crippen LogP contribution in [0, 0.1) is 12.8 Å². The van der Waals surface area contributed by atoms with Crippen LogP contribution in [0.1, 0.15) is 40.9 Å². The standard InChI is InChI=1S/C33H31BN7/c1-23-7-5-6-10-26(23)21-36-31-19-17-29-33(25-12-14-27(35)15-13-25)30-18-20-32(41(30)34-40(29)31)39-22-28(37-38-39)16-11-24-8-3-2-4-9-24/h2-8,10,12-15,17-20,22,24H,9,11,16,21H2,1H3,(H2,35,36)/p+1. The first-order valence-electron chi connectivity index (χ1n) is 14.2. The summed E-state index contributed by atoms with van der Waals surface area (Å²) >= 11 is 0. The Morgan fingerprint density at radius 3 is 2.78 bits per heavy atom. The fraction of sp³-hybridized carbons (Fsp3) is 0.182. The summed E-state index contributed by atoms with van der Waals surface area (Å²) in [5.41, 5.74) is 14.8. The number of aliphatic imine (C=N–C) groups is 1. The number of hydrogen-bond acceptors (Lipinski definition) is 3. The summed E-state index contributed by atoms with van der Waals surface area (Å²) in [6.07, 6.45) is 18.3. The lowest BCUT2D eigenvalue weighted by atomic mass is 9.92. The van der Waals surface area contributed by atoms with Gasteiger partial charge in [-0.15, -0.1) is 9.90 Å². The van der Waals surface area contributed by atoms with Gasteiger partial charge < -0.3 is 10.5 Å². The smallest absolute Gasteiger partial charge is 0.399 e. The molecule has 8 heteroatoms. The van der Waals surface area contributed by atoms with E-state index in [-0.39, 0.29) is 0 Å². The number of H-pyrrole nitrogens is 1. The van der Waals surface area contributed by atoms with Crippen molar-refractivity contribution in [3.05, 3.63) is 137 Å². The highest BCUT2D eigenvalue weighted by Crippen LogP contribution is 2.37. The minimum atomic E-state index is 0.575. The van der Waals surface area contributed by atoms with Crippen LogP contribution in [-0.4, -0.2) is 33.0 Å². The molecule has 0 saturated carbocycles. The first kappa shape index (κ1) is 25.1. The molecule has 201 valence electrons. The van der Waals surface area contributed by atoms with Crippen molar-refractivity contribution < 1.29 is 4.68 Å². The Balaban J connectivity index is 1.23. The van der Waals surface area contributed by atoms with Crippen LogP contribution in [0.5, 0.6) is 0 Å². The van der Waals surface area contributed by atoms with Crippen LogP contribution in [0.2, 0.25) is 0 Å². The Morgan fingerprint density at radius 1 is 1.07 bits per heavy atom. The average molecular weight is 537 g/mol. The van der Waals surface area contributed by atoms with E-state index in [2.05, 4.69) is 125 Å². The van der Waals surface area contributed by atoms with Crippen molar-refractivity contribution in [2.75, 3.05) is 5.73 Å². The molecule has 0 saturated heterocycles. The van der Waals surface area contributed by atoms with Gasteiger partial charge in [0.25, 0.3) is 0 Å². The lowest BCUT2D eigenvalue weighted by molar-refractivity contribution is -0.663. The van der Waals surface area contributed by atoms with E-state index in [1.165, 1.54) is 11.1 Å². The third kappa shape index (κ3) is 4.86. The van der Waals surface area contributed by atoms with Crippen LogP contribution in [0.3, 0.4) is 0 Å². The van der Waals surface area contributed by atoms with Crippen molar-refractivity contribution in [1.29, 1.82) is 0 Å². The first-order chi connectivity index (χ1) is 20.1. The second-order valence-electron chi connectivity index (χ2n) is 10.8. The van der Waals surface area contributed by atoms with Gasteiger partial charge in [0, 0.05) is 29.4 Å². The number of nitrogens with two attached hydrogens (primary N) is 1. The number of nitrogens with one attached hydrogen (secondary N) is 1. The fourth-order valence-corrected chi connectivity index (χ4v) is 5.74. The maximum Gasteiger partial charge on any atom is 0.503 e. The molecule has 41 heavy (non-hydrogen) atoms.